The number of carbonyl (C=O) groups is 3. The van der Waals surface area contributed by atoms with Crippen LogP contribution in [0.3, 0.4) is 0 Å². The summed E-state index contributed by atoms with van der Waals surface area (Å²) in [5, 5.41) is 3.88. The molecule has 9 heteroatoms. The van der Waals surface area contributed by atoms with Crippen molar-refractivity contribution < 1.29 is 14.4 Å². The number of primary amides is 2. The lowest BCUT2D eigenvalue weighted by molar-refractivity contribution is -0.139. The fraction of sp³-hybridized carbons (Fsp3) is 0.400. The molecule has 0 aliphatic heterocycles. The summed E-state index contributed by atoms with van der Waals surface area (Å²) in [6, 6.07) is -1.03. The molecular formula is C10H16N6O3. The van der Waals surface area contributed by atoms with E-state index in [1.54, 1.807) is 13.2 Å². The summed E-state index contributed by atoms with van der Waals surface area (Å²) >= 11 is 0. The van der Waals surface area contributed by atoms with Gasteiger partial charge in [-0.15, -0.1) is 0 Å². The Hall–Kier alpha value is -2.42. The fourth-order valence-electron chi connectivity index (χ4n) is 1.53. The van der Waals surface area contributed by atoms with E-state index in [2.05, 4.69) is 5.10 Å². The number of rotatable bonds is 6. The van der Waals surface area contributed by atoms with Crippen molar-refractivity contribution in [1.29, 1.82) is 0 Å². The van der Waals surface area contributed by atoms with Crippen molar-refractivity contribution in [2.24, 2.45) is 24.2 Å². The standard InChI is InChI=1S/C10H16N6O3/c1-15-3-6(2-14-15)9(13)10(19)16(4-7(11)17)5-8(12)18/h2-3,9H,4-5,13H2,1H3,(H2,11,17)(H2,12,18). The molecule has 0 aliphatic rings. The Morgan fingerprint density at radius 3 is 2.21 bits per heavy atom. The lowest BCUT2D eigenvalue weighted by Gasteiger charge is -2.22. The van der Waals surface area contributed by atoms with Crippen molar-refractivity contribution in [1.82, 2.24) is 14.7 Å². The van der Waals surface area contributed by atoms with Crippen LogP contribution >= 0.6 is 0 Å². The Morgan fingerprint density at radius 1 is 1.32 bits per heavy atom. The molecule has 1 unspecified atom stereocenters. The maximum Gasteiger partial charge on any atom is 0.245 e. The summed E-state index contributed by atoms with van der Waals surface area (Å²) in [6.45, 7) is -0.842. The van der Waals surface area contributed by atoms with Crippen LogP contribution in [0.1, 0.15) is 11.6 Å². The molecule has 19 heavy (non-hydrogen) atoms. The first kappa shape index (κ1) is 14.6. The van der Waals surface area contributed by atoms with Crippen molar-refractivity contribution in [2.75, 3.05) is 13.1 Å². The normalized spacial score (nSPS) is 11.9. The second-order valence-electron chi connectivity index (χ2n) is 4.05. The molecular weight excluding hydrogens is 252 g/mol. The first-order chi connectivity index (χ1) is 8.81. The van der Waals surface area contributed by atoms with Gasteiger partial charge in [0, 0.05) is 18.8 Å². The Kier molecular flexibility index (Phi) is 4.59. The van der Waals surface area contributed by atoms with E-state index < -0.39 is 36.9 Å². The van der Waals surface area contributed by atoms with Crippen molar-refractivity contribution in [3.05, 3.63) is 18.0 Å². The second kappa shape index (κ2) is 5.96. The fourth-order valence-corrected chi connectivity index (χ4v) is 1.53. The average Bonchev–Trinajstić information content (AvgIpc) is 2.71. The molecule has 0 radical (unpaired) electrons. The van der Waals surface area contributed by atoms with Crippen LogP contribution in [0.15, 0.2) is 12.4 Å². The molecule has 6 N–H and O–H groups in total. The Balaban J connectivity index is 2.85. The lowest BCUT2D eigenvalue weighted by Crippen LogP contribution is -2.46. The zero-order valence-electron chi connectivity index (χ0n) is 10.4. The van der Waals surface area contributed by atoms with Crippen LogP contribution in [0.4, 0.5) is 0 Å². The molecule has 9 nitrogen and oxygen atoms in total. The van der Waals surface area contributed by atoms with Gasteiger partial charge in [-0.2, -0.15) is 5.10 Å². The van der Waals surface area contributed by atoms with Crippen molar-refractivity contribution in [2.45, 2.75) is 6.04 Å². The van der Waals surface area contributed by atoms with Gasteiger partial charge in [0.15, 0.2) is 0 Å². The summed E-state index contributed by atoms with van der Waals surface area (Å²) in [6.07, 6.45) is 2.99. The van der Waals surface area contributed by atoms with Gasteiger partial charge < -0.3 is 22.1 Å². The third kappa shape index (κ3) is 4.07. The predicted octanol–water partition coefficient (Wildman–Crippen LogP) is -2.78. The van der Waals surface area contributed by atoms with Gasteiger partial charge in [0.1, 0.15) is 6.04 Å². The van der Waals surface area contributed by atoms with Gasteiger partial charge in [-0.3, -0.25) is 19.1 Å². The van der Waals surface area contributed by atoms with Gasteiger partial charge in [0.05, 0.1) is 19.3 Å². The first-order valence-electron chi connectivity index (χ1n) is 5.40. The van der Waals surface area contributed by atoms with E-state index in [0.717, 1.165) is 4.90 Å². The molecule has 1 heterocycles. The van der Waals surface area contributed by atoms with Crippen LogP contribution in [0.5, 0.6) is 0 Å². The predicted molar refractivity (Wildman–Crippen MR) is 65.1 cm³/mol. The number of aryl methyl sites for hydroxylation is 1. The van der Waals surface area contributed by atoms with Crippen LogP contribution in [-0.4, -0.2) is 45.5 Å². The number of amides is 3. The summed E-state index contributed by atoms with van der Waals surface area (Å²) in [7, 11) is 1.67. The number of hydrogen-bond acceptors (Lipinski definition) is 5. The summed E-state index contributed by atoms with van der Waals surface area (Å²) in [5.74, 6) is -2.13. The number of aromatic nitrogens is 2. The van der Waals surface area contributed by atoms with E-state index in [1.807, 2.05) is 0 Å². The minimum atomic E-state index is -1.03. The van der Waals surface area contributed by atoms with Gasteiger partial charge in [-0.05, 0) is 0 Å². The van der Waals surface area contributed by atoms with Crippen LogP contribution in [0.2, 0.25) is 0 Å². The number of nitrogens with zero attached hydrogens (tertiary/aromatic N) is 3. The molecule has 0 fully saturated rings. The van der Waals surface area contributed by atoms with Gasteiger partial charge >= 0.3 is 0 Å². The second-order valence-corrected chi connectivity index (χ2v) is 4.05. The molecule has 1 aromatic heterocycles. The van der Waals surface area contributed by atoms with Gasteiger partial charge in [0.25, 0.3) is 0 Å². The number of nitrogens with two attached hydrogens (primary N) is 3. The lowest BCUT2D eigenvalue weighted by atomic mass is 10.1. The van der Waals surface area contributed by atoms with Crippen molar-refractivity contribution in [3.8, 4) is 0 Å². The molecule has 1 rings (SSSR count). The Labute approximate surface area is 109 Å². The van der Waals surface area contributed by atoms with Crippen LogP contribution in [0, 0.1) is 0 Å². The van der Waals surface area contributed by atoms with Gasteiger partial charge in [-0.25, -0.2) is 0 Å². The van der Waals surface area contributed by atoms with Crippen LogP contribution in [0.25, 0.3) is 0 Å². The van der Waals surface area contributed by atoms with E-state index in [-0.39, 0.29) is 0 Å². The van der Waals surface area contributed by atoms with Crippen LogP contribution < -0.4 is 17.2 Å². The monoisotopic (exact) mass is 268 g/mol. The highest BCUT2D eigenvalue weighted by Crippen LogP contribution is 2.11. The highest BCUT2D eigenvalue weighted by Gasteiger charge is 2.25. The Morgan fingerprint density at radius 2 is 1.84 bits per heavy atom. The van der Waals surface area contributed by atoms with Crippen molar-refractivity contribution in [3.63, 3.8) is 0 Å². The minimum Gasteiger partial charge on any atom is -0.368 e. The SMILES string of the molecule is Cn1cc(C(N)C(=O)N(CC(N)=O)CC(N)=O)cn1. The van der Waals surface area contributed by atoms with Gasteiger partial charge in [-0.1, -0.05) is 0 Å². The summed E-state index contributed by atoms with van der Waals surface area (Å²) < 4.78 is 1.48. The minimum absolute atomic E-state index is 0.421. The highest BCUT2D eigenvalue weighted by atomic mass is 16.2. The quantitative estimate of drug-likeness (QED) is 0.510. The third-order valence-electron chi connectivity index (χ3n) is 2.36. The van der Waals surface area contributed by atoms with E-state index in [9.17, 15) is 14.4 Å². The summed E-state index contributed by atoms with van der Waals surface area (Å²) in [5.41, 5.74) is 16.2. The third-order valence-corrected chi connectivity index (χ3v) is 2.36. The molecule has 0 spiro atoms. The Bertz CT molecular complexity index is 481. The van der Waals surface area contributed by atoms with Crippen molar-refractivity contribution >= 4 is 17.7 Å². The molecule has 0 aromatic carbocycles. The average molecular weight is 268 g/mol. The maximum atomic E-state index is 12.1. The van der Waals surface area contributed by atoms with Crippen LogP contribution in [-0.2, 0) is 21.4 Å². The molecule has 1 atom stereocenters. The summed E-state index contributed by atoms with van der Waals surface area (Å²) in [4.78, 5) is 34.7. The van der Waals surface area contributed by atoms with E-state index in [1.165, 1.54) is 10.9 Å². The molecule has 3 amide bonds. The highest BCUT2D eigenvalue weighted by molar-refractivity contribution is 5.90. The number of hydrogen-bond donors (Lipinski definition) is 3. The van der Waals surface area contributed by atoms with E-state index in [0.29, 0.717) is 5.56 Å². The zero-order valence-corrected chi connectivity index (χ0v) is 10.4. The first-order valence-corrected chi connectivity index (χ1v) is 5.40. The van der Waals surface area contributed by atoms with E-state index >= 15 is 0 Å². The largest absolute Gasteiger partial charge is 0.368 e. The number of carbonyl (C=O) groups excluding carboxylic acids is 3. The topological polar surface area (TPSA) is 150 Å². The molecule has 104 valence electrons. The molecule has 0 aliphatic carbocycles. The smallest absolute Gasteiger partial charge is 0.245 e. The van der Waals surface area contributed by atoms with Gasteiger partial charge in [0.2, 0.25) is 17.7 Å². The zero-order chi connectivity index (χ0) is 14.6. The molecule has 0 saturated carbocycles. The maximum absolute atomic E-state index is 12.1. The molecule has 1 aromatic rings. The molecule has 0 saturated heterocycles. The van der Waals surface area contributed by atoms with E-state index in [4.69, 9.17) is 17.2 Å². The molecule has 0 bridgehead atoms.